The number of pyridine rings is 1. The number of anilines is 1. The molecule has 2 aromatic carbocycles. The molecule has 3 heterocycles. The van der Waals surface area contributed by atoms with Crippen molar-refractivity contribution < 1.29 is 0 Å². The number of rotatable bonds is 6. The Kier molecular flexibility index (Phi) is 4.33. The largest absolute Gasteiger partial charge is 0.337 e. The zero-order valence-electron chi connectivity index (χ0n) is 15.6. The molecule has 1 aliphatic heterocycles. The van der Waals surface area contributed by atoms with Gasteiger partial charge in [0.05, 0.1) is 18.6 Å². The Hall–Kier alpha value is -3.47. The number of aliphatic imine (C=N–C) groups is 1. The smallest absolute Gasteiger partial charge is 0.136 e. The number of aromatic nitrogens is 3. The number of hydrogen-bond acceptors (Lipinski definition) is 3. The van der Waals surface area contributed by atoms with Crippen LogP contribution in [0.1, 0.15) is 17.5 Å². The fourth-order valence-corrected chi connectivity index (χ4v) is 3.85. The van der Waals surface area contributed by atoms with Crippen molar-refractivity contribution in [3.05, 3.63) is 90.8 Å². The fourth-order valence-electron chi connectivity index (χ4n) is 3.85. The zero-order chi connectivity index (χ0) is 18.8. The summed E-state index contributed by atoms with van der Waals surface area (Å²) >= 11 is 0. The number of imidazole rings is 1. The van der Waals surface area contributed by atoms with Crippen LogP contribution in [0.3, 0.4) is 0 Å². The average molecular weight is 367 g/mol. The van der Waals surface area contributed by atoms with Gasteiger partial charge in [0.15, 0.2) is 0 Å². The van der Waals surface area contributed by atoms with E-state index >= 15 is 0 Å². The van der Waals surface area contributed by atoms with Crippen LogP contribution in [-0.4, -0.2) is 26.9 Å². The van der Waals surface area contributed by atoms with Crippen molar-refractivity contribution in [1.29, 1.82) is 0 Å². The summed E-state index contributed by atoms with van der Waals surface area (Å²) in [6.45, 7) is 2.47. The van der Waals surface area contributed by atoms with Gasteiger partial charge in [-0.05, 0) is 29.5 Å². The predicted molar refractivity (Wildman–Crippen MR) is 113 cm³/mol. The van der Waals surface area contributed by atoms with Crippen LogP contribution in [0.4, 0.5) is 5.69 Å². The van der Waals surface area contributed by atoms with Crippen LogP contribution in [0.2, 0.25) is 0 Å². The van der Waals surface area contributed by atoms with E-state index in [4.69, 9.17) is 4.99 Å². The topological polar surface area (TPSA) is 46.3 Å². The van der Waals surface area contributed by atoms with Crippen LogP contribution in [-0.2, 0) is 13.1 Å². The van der Waals surface area contributed by atoms with E-state index in [1.807, 2.05) is 37.2 Å². The van der Waals surface area contributed by atoms with E-state index < -0.39 is 0 Å². The second-order valence-electron chi connectivity index (χ2n) is 6.99. The number of amidine groups is 1. The molecular weight excluding hydrogens is 346 g/mol. The molecule has 5 heteroatoms. The second kappa shape index (κ2) is 7.27. The molecule has 0 N–H and O–H groups in total. The highest BCUT2D eigenvalue weighted by Crippen LogP contribution is 2.38. The average Bonchev–Trinajstić information content (AvgIpc) is 3.35. The Labute approximate surface area is 164 Å². The summed E-state index contributed by atoms with van der Waals surface area (Å²) in [5.41, 5.74) is 3.63. The molecule has 0 atom stereocenters. The van der Waals surface area contributed by atoms with Crippen molar-refractivity contribution in [2.24, 2.45) is 4.99 Å². The highest BCUT2D eigenvalue weighted by Gasteiger charge is 2.27. The van der Waals surface area contributed by atoms with E-state index in [9.17, 15) is 0 Å². The molecule has 0 bridgehead atoms. The summed E-state index contributed by atoms with van der Waals surface area (Å²) in [6.07, 6.45) is 10.4. The molecule has 0 spiro atoms. The molecule has 0 aliphatic carbocycles. The van der Waals surface area contributed by atoms with Gasteiger partial charge in [-0.1, -0.05) is 36.4 Å². The van der Waals surface area contributed by atoms with E-state index in [1.165, 1.54) is 27.6 Å². The van der Waals surface area contributed by atoms with E-state index in [2.05, 4.69) is 61.9 Å². The van der Waals surface area contributed by atoms with Gasteiger partial charge in [0.2, 0.25) is 0 Å². The van der Waals surface area contributed by atoms with E-state index in [1.54, 1.807) is 0 Å². The standard InChI is InChI=1S/C23H21N5/c1-6-19-7-2-9-21-22(19)20(8-1)23(26-11-4-13-27-14-12-25-17-27)28(21)16-18-5-3-10-24-15-18/h1-3,5-10,12,14-15,17H,4,11,13,16H2. The number of hydrogen-bond donors (Lipinski definition) is 0. The van der Waals surface area contributed by atoms with E-state index in [0.717, 1.165) is 31.9 Å². The van der Waals surface area contributed by atoms with E-state index in [-0.39, 0.29) is 0 Å². The van der Waals surface area contributed by atoms with Crippen LogP contribution in [0.25, 0.3) is 10.8 Å². The number of benzene rings is 2. The number of nitrogens with zero attached hydrogens (tertiary/aromatic N) is 5. The van der Waals surface area contributed by atoms with Gasteiger partial charge in [0, 0.05) is 48.8 Å². The fraction of sp³-hybridized carbons (Fsp3) is 0.174. The second-order valence-corrected chi connectivity index (χ2v) is 6.99. The lowest BCUT2D eigenvalue weighted by Gasteiger charge is -2.21. The maximum absolute atomic E-state index is 5.03. The van der Waals surface area contributed by atoms with Gasteiger partial charge in [-0.25, -0.2) is 4.98 Å². The minimum atomic E-state index is 0.766. The molecule has 0 saturated carbocycles. The summed E-state index contributed by atoms with van der Waals surface area (Å²) in [7, 11) is 0. The van der Waals surface area contributed by atoms with E-state index in [0.29, 0.717) is 0 Å². The molecule has 0 radical (unpaired) electrons. The van der Waals surface area contributed by atoms with Crippen LogP contribution in [0.5, 0.6) is 0 Å². The lowest BCUT2D eigenvalue weighted by atomic mass is 10.1. The Balaban J connectivity index is 1.47. The lowest BCUT2D eigenvalue weighted by molar-refractivity contribution is 0.650. The Bertz CT molecular complexity index is 1110. The molecule has 138 valence electrons. The summed E-state index contributed by atoms with van der Waals surface area (Å²) in [5, 5.41) is 2.55. The first kappa shape index (κ1) is 16.7. The van der Waals surface area contributed by atoms with Crippen molar-refractivity contribution in [3.63, 3.8) is 0 Å². The third-order valence-electron chi connectivity index (χ3n) is 5.13. The van der Waals surface area contributed by atoms with Crippen molar-refractivity contribution in [3.8, 4) is 0 Å². The summed E-state index contributed by atoms with van der Waals surface area (Å²) < 4.78 is 2.09. The van der Waals surface area contributed by atoms with Gasteiger partial charge in [0.25, 0.3) is 0 Å². The third kappa shape index (κ3) is 3.05. The zero-order valence-corrected chi connectivity index (χ0v) is 15.6. The maximum atomic E-state index is 5.03. The SMILES string of the molecule is c1cncc(CN2C(=NCCCn3ccnc3)c3cccc4cccc2c34)c1. The summed E-state index contributed by atoms with van der Waals surface area (Å²) in [4.78, 5) is 15.7. The highest BCUT2D eigenvalue weighted by atomic mass is 15.2. The Morgan fingerprint density at radius 3 is 2.68 bits per heavy atom. The minimum absolute atomic E-state index is 0.766. The molecule has 0 saturated heterocycles. The van der Waals surface area contributed by atoms with Gasteiger partial charge < -0.3 is 9.47 Å². The molecule has 0 fully saturated rings. The first-order valence-electron chi connectivity index (χ1n) is 9.59. The molecule has 2 aromatic heterocycles. The molecule has 5 nitrogen and oxygen atoms in total. The van der Waals surface area contributed by atoms with Crippen LogP contribution < -0.4 is 4.90 Å². The number of aryl methyl sites for hydroxylation is 1. The van der Waals surface area contributed by atoms with Crippen molar-refractivity contribution in [2.45, 2.75) is 19.5 Å². The van der Waals surface area contributed by atoms with Gasteiger partial charge in [-0.15, -0.1) is 0 Å². The Morgan fingerprint density at radius 1 is 0.929 bits per heavy atom. The molecular formula is C23H21N5. The minimum Gasteiger partial charge on any atom is -0.337 e. The molecule has 1 aliphatic rings. The molecule has 28 heavy (non-hydrogen) atoms. The monoisotopic (exact) mass is 367 g/mol. The van der Waals surface area contributed by atoms with Gasteiger partial charge in [-0.3, -0.25) is 9.98 Å². The van der Waals surface area contributed by atoms with Crippen molar-refractivity contribution in [1.82, 2.24) is 14.5 Å². The molecule has 0 amide bonds. The maximum Gasteiger partial charge on any atom is 0.136 e. The quantitative estimate of drug-likeness (QED) is 0.478. The molecule has 4 aromatic rings. The first-order chi connectivity index (χ1) is 13.9. The molecule has 5 rings (SSSR count). The summed E-state index contributed by atoms with van der Waals surface area (Å²) in [6, 6.07) is 17.1. The van der Waals surface area contributed by atoms with Crippen LogP contribution in [0.15, 0.2) is 84.6 Å². The van der Waals surface area contributed by atoms with Crippen molar-refractivity contribution >= 4 is 22.3 Å². The lowest BCUT2D eigenvalue weighted by Crippen LogP contribution is -2.27. The predicted octanol–water partition coefficient (Wildman–Crippen LogP) is 4.29. The Morgan fingerprint density at radius 2 is 1.86 bits per heavy atom. The van der Waals surface area contributed by atoms with Crippen LogP contribution >= 0.6 is 0 Å². The van der Waals surface area contributed by atoms with Gasteiger partial charge in [-0.2, -0.15) is 0 Å². The van der Waals surface area contributed by atoms with Gasteiger partial charge in [0.1, 0.15) is 5.84 Å². The van der Waals surface area contributed by atoms with Crippen molar-refractivity contribution in [2.75, 3.05) is 11.4 Å². The first-order valence-corrected chi connectivity index (χ1v) is 9.59. The summed E-state index contributed by atoms with van der Waals surface area (Å²) in [5.74, 6) is 1.06. The van der Waals surface area contributed by atoms with Crippen LogP contribution in [0, 0.1) is 0 Å². The third-order valence-corrected chi connectivity index (χ3v) is 5.13. The van der Waals surface area contributed by atoms with Gasteiger partial charge >= 0.3 is 0 Å². The normalized spacial score (nSPS) is 14.3. The molecule has 0 unspecified atom stereocenters. The highest BCUT2D eigenvalue weighted by molar-refractivity contribution is 6.27.